The molecule has 0 radical (unpaired) electrons. The predicted octanol–water partition coefficient (Wildman–Crippen LogP) is 3.21. The number of halogens is 2. The quantitative estimate of drug-likeness (QED) is 0.202. The number of aliphatic imine (C=N–C) groups is 1. The van der Waals surface area contributed by atoms with Gasteiger partial charge in [0.05, 0.1) is 6.54 Å². The van der Waals surface area contributed by atoms with Crippen LogP contribution in [0, 0.1) is 11.7 Å². The Morgan fingerprint density at radius 3 is 2.50 bits per heavy atom. The fraction of sp³-hybridized carbons (Fsp3) is 0.381. The molecule has 1 aliphatic carbocycles. The number of nitrogens with zero attached hydrogens (tertiary/aromatic N) is 2. The molecule has 0 spiro atoms. The summed E-state index contributed by atoms with van der Waals surface area (Å²) < 4.78 is 18.5. The van der Waals surface area contributed by atoms with Crippen molar-refractivity contribution in [2.24, 2.45) is 10.9 Å². The fourth-order valence-electron chi connectivity index (χ4n) is 2.56. The number of carbonyl (C=O) groups excluding carboxylic acids is 1. The Hall–Kier alpha value is -2.43. The monoisotopic (exact) mass is 527 g/mol. The van der Waals surface area contributed by atoms with Crippen LogP contribution in [0.2, 0.25) is 0 Å². The van der Waals surface area contributed by atoms with Gasteiger partial charge in [0.25, 0.3) is 0 Å². The molecule has 162 valence electrons. The van der Waals surface area contributed by atoms with Crippen LogP contribution in [0.25, 0.3) is 0 Å². The van der Waals surface area contributed by atoms with E-state index in [2.05, 4.69) is 25.9 Å². The molecule has 1 heterocycles. The number of pyridine rings is 1. The number of carbonyl (C=O) groups is 1. The van der Waals surface area contributed by atoms with E-state index in [4.69, 9.17) is 4.74 Å². The third-order valence-electron chi connectivity index (χ3n) is 4.26. The van der Waals surface area contributed by atoms with Crippen LogP contribution in [0.1, 0.15) is 25.3 Å². The highest BCUT2D eigenvalue weighted by molar-refractivity contribution is 14.0. The summed E-state index contributed by atoms with van der Waals surface area (Å²) in [5.41, 5.74) is 0.927. The molecule has 0 saturated heterocycles. The molecular formula is C21H27FIN5O2. The van der Waals surface area contributed by atoms with Gasteiger partial charge in [-0.05, 0) is 49.6 Å². The molecule has 1 aromatic heterocycles. The smallest absolute Gasteiger partial charge is 0.223 e. The van der Waals surface area contributed by atoms with Crippen molar-refractivity contribution in [1.82, 2.24) is 20.9 Å². The zero-order valence-electron chi connectivity index (χ0n) is 16.9. The first-order chi connectivity index (χ1) is 14.1. The van der Waals surface area contributed by atoms with Crippen molar-refractivity contribution in [3.63, 3.8) is 0 Å². The second-order valence-corrected chi connectivity index (χ2v) is 6.75. The summed E-state index contributed by atoms with van der Waals surface area (Å²) in [5, 5.41) is 9.29. The number of hydrogen-bond donors (Lipinski definition) is 3. The highest BCUT2D eigenvalue weighted by atomic mass is 127. The summed E-state index contributed by atoms with van der Waals surface area (Å²) in [6.45, 7) is 4.36. The molecule has 0 aliphatic heterocycles. The topological polar surface area (TPSA) is 87.6 Å². The van der Waals surface area contributed by atoms with Gasteiger partial charge in [-0.2, -0.15) is 0 Å². The molecule has 1 fully saturated rings. The van der Waals surface area contributed by atoms with E-state index in [0.29, 0.717) is 37.2 Å². The first-order valence-corrected chi connectivity index (χ1v) is 9.82. The molecule has 1 amide bonds. The maximum atomic E-state index is 12.9. The second-order valence-electron chi connectivity index (χ2n) is 6.75. The van der Waals surface area contributed by atoms with E-state index in [-0.39, 0.29) is 41.6 Å². The molecule has 30 heavy (non-hydrogen) atoms. The Morgan fingerprint density at radius 2 is 1.87 bits per heavy atom. The summed E-state index contributed by atoms with van der Waals surface area (Å²) in [5.74, 6) is 1.69. The van der Waals surface area contributed by atoms with Crippen LogP contribution in [-0.2, 0) is 11.3 Å². The molecule has 3 rings (SSSR count). The minimum atomic E-state index is -0.311. The Kier molecular flexibility index (Phi) is 9.78. The summed E-state index contributed by atoms with van der Waals surface area (Å²) in [6.07, 6.45) is 3.71. The molecule has 0 unspecified atom stereocenters. The molecule has 1 aromatic carbocycles. The Balaban J connectivity index is 0.00000320. The first-order valence-electron chi connectivity index (χ1n) is 9.82. The van der Waals surface area contributed by atoms with Gasteiger partial charge in [-0.3, -0.25) is 4.79 Å². The van der Waals surface area contributed by atoms with E-state index in [9.17, 15) is 9.18 Å². The van der Waals surface area contributed by atoms with Crippen LogP contribution in [-0.4, -0.2) is 36.5 Å². The lowest BCUT2D eigenvalue weighted by Gasteiger charge is -2.12. The third-order valence-corrected chi connectivity index (χ3v) is 4.26. The maximum absolute atomic E-state index is 12.9. The lowest BCUT2D eigenvalue weighted by atomic mass is 10.3. The molecule has 1 aliphatic rings. The minimum Gasteiger partial charge on any atom is -0.439 e. The number of amides is 1. The third kappa shape index (κ3) is 8.13. The second kappa shape index (κ2) is 12.3. The normalized spacial score (nSPS) is 13.2. The van der Waals surface area contributed by atoms with Gasteiger partial charge in [-0.25, -0.2) is 14.4 Å². The van der Waals surface area contributed by atoms with E-state index in [0.717, 1.165) is 24.9 Å². The molecule has 7 nitrogen and oxygen atoms in total. The van der Waals surface area contributed by atoms with Crippen LogP contribution >= 0.6 is 24.0 Å². The van der Waals surface area contributed by atoms with Crippen LogP contribution in [0.3, 0.4) is 0 Å². The van der Waals surface area contributed by atoms with Crippen LogP contribution in [0.4, 0.5) is 4.39 Å². The van der Waals surface area contributed by atoms with Crippen molar-refractivity contribution in [3.8, 4) is 11.6 Å². The van der Waals surface area contributed by atoms with Gasteiger partial charge in [0.2, 0.25) is 11.8 Å². The van der Waals surface area contributed by atoms with Crippen molar-refractivity contribution in [1.29, 1.82) is 0 Å². The molecule has 0 atom stereocenters. The molecule has 2 aromatic rings. The highest BCUT2D eigenvalue weighted by Gasteiger charge is 2.28. The van der Waals surface area contributed by atoms with Gasteiger partial charge < -0.3 is 20.7 Å². The van der Waals surface area contributed by atoms with Crippen molar-refractivity contribution in [2.45, 2.75) is 26.3 Å². The highest BCUT2D eigenvalue weighted by Crippen LogP contribution is 2.28. The molecule has 0 bridgehead atoms. The summed E-state index contributed by atoms with van der Waals surface area (Å²) in [6, 6.07) is 9.42. The molecule has 1 saturated carbocycles. The minimum absolute atomic E-state index is 0. The largest absolute Gasteiger partial charge is 0.439 e. The molecular weight excluding hydrogens is 500 g/mol. The van der Waals surface area contributed by atoms with Gasteiger partial charge in [0.1, 0.15) is 11.6 Å². The van der Waals surface area contributed by atoms with Crippen LogP contribution in [0.15, 0.2) is 47.6 Å². The fourth-order valence-corrected chi connectivity index (χ4v) is 2.56. The van der Waals surface area contributed by atoms with Gasteiger partial charge >= 0.3 is 0 Å². The number of rotatable bonds is 9. The standard InChI is InChI=1S/C21H26FN5O2.HI/c1-2-23-21(25-12-11-24-20(28)16-4-5-16)27-14-15-3-10-19(26-13-15)29-18-8-6-17(22)7-9-18;/h3,6-10,13,16H,2,4-5,11-12,14H2,1H3,(H,24,28)(H2,23,25,27);1H. The summed E-state index contributed by atoms with van der Waals surface area (Å²) in [4.78, 5) is 20.4. The SMILES string of the molecule is CCNC(=NCc1ccc(Oc2ccc(F)cc2)nc1)NCCNC(=O)C1CC1.I. The summed E-state index contributed by atoms with van der Waals surface area (Å²) in [7, 11) is 0. The van der Waals surface area contributed by atoms with Crippen LogP contribution < -0.4 is 20.7 Å². The van der Waals surface area contributed by atoms with E-state index in [1.807, 2.05) is 13.0 Å². The Labute approximate surface area is 192 Å². The lowest BCUT2D eigenvalue weighted by Crippen LogP contribution is -2.41. The van der Waals surface area contributed by atoms with E-state index in [1.54, 1.807) is 24.4 Å². The molecule has 9 heteroatoms. The van der Waals surface area contributed by atoms with Gasteiger partial charge in [-0.15, -0.1) is 24.0 Å². The van der Waals surface area contributed by atoms with Crippen molar-refractivity contribution in [3.05, 3.63) is 54.0 Å². The van der Waals surface area contributed by atoms with Crippen molar-refractivity contribution in [2.75, 3.05) is 19.6 Å². The van der Waals surface area contributed by atoms with Gasteiger partial charge in [0.15, 0.2) is 5.96 Å². The van der Waals surface area contributed by atoms with Gasteiger partial charge in [0, 0.05) is 37.8 Å². The lowest BCUT2D eigenvalue weighted by molar-refractivity contribution is -0.122. The zero-order valence-corrected chi connectivity index (χ0v) is 19.2. The average Bonchev–Trinajstić information content (AvgIpc) is 3.57. The number of nitrogens with one attached hydrogen (secondary N) is 3. The number of aromatic nitrogens is 1. The van der Waals surface area contributed by atoms with Crippen molar-refractivity contribution < 1.29 is 13.9 Å². The maximum Gasteiger partial charge on any atom is 0.223 e. The Morgan fingerprint density at radius 1 is 1.13 bits per heavy atom. The predicted molar refractivity (Wildman–Crippen MR) is 125 cm³/mol. The summed E-state index contributed by atoms with van der Waals surface area (Å²) >= 11 is 0. The average molecular weight is 527 g/mol. The van der Waals surface area contributed by atoms with Crippen molar-refractivity contribution >= 4 is 35.8 Å². The number of benzene rings is 1. The van der Waals surface area contributed by atoms with Crippen LogP contribution in [0.5, 0.6) is 11.6 Å². The van der Waals surface area contributed by atoms with E-state index in [1.165, 1.54) is 12.1 Å². The first kappa shape index (κ1) is 23.8. The van der Waals surface area contributed by atoms with Gasteiger partial charge in [-0.1, -0.05) is 6.07 Å². The Bertz CT molecular complexity index is 826. The number of hydrogen-bond acceptors (Lipinski definition) is 4. The van der Waals surface area contributed by atoms with E-state index < -0.39 is 0 Å². The molecule has 3 N–H and O–H groups in total. The zero-order chi connectivity index (χ0) is 20.5. The van der Waals surface area contributed by atoms with E-state index >= 15 is 0 Å². The number of guanidine groups is 1. The number of ether oxygens (including phenoxy) is 1.